The van der Waals surface area contributed by atoms with Crippen molar-refractivity contribution < 1.29 is 17.6 Å². The smallest absolute Gasteiger partial charge is 0.257 e. The molecular weight excluding hydrogens is 575 g/mol. The Morgan fingerprint density at radius 1 is 0.886 bits per heavy atom. The van der Waals surface area contributed by atoms with E-state index < -0.39 is 15.1 Å². The monoisotopic (exact) mass is 614 g/mol. The molecule has 6 rings (SSSR count). The van der Waals surface area contributed by atoms with Crippen molar-refractivity contribution in [3.05, 3.63) is 113 Å². The van der Waals surface area contributed by atoms with Gasteiger partial charge in [-0.25, -0.2) is 17.5 Å². The zero-order valence-corrected chi connectivity index (χ0v) is 26.1. The number of halogens is 1. The molecule has 2 fully saturated rings. The van der Waals surface area contributed by atoms with Crippen LogP contribution in [0.4, 0.5) is 4.39 Å². The number of rotatable bonds is 8. The fraction of sp³-hybridized carbons (Fsp3) is 0.371. The molecule has 1 aromatic heterocycles. The summed E-state index contributed by atoms with van der Waals surface area (Å²) in [5, 5.41) is 4.22. The second-order valence-corrected chi connectivity index (χ2v) is 14.8. The van der Waals surface area contributed by atoms with E-state index in [0.29, 0.717) is 29.5 Å². The minimum Gasteiger partial charge on any atom is -0.338 e. The third-order valence-electron chi connectivity index (χ3n) is 9.11. The summed E-state index contributed by atoms with van der Waals surface area (Å²) in [6, 6.07) is 23.8. The first kappa shape index (κ1) is 30.2. The van der Waals surface area contributed by atoms with Gasteiger partial charge in [-0.15, -0.1) is 0 Å². The SMILES string of the molecule is CC(C)S(=O)(=O)c1ccc(CN2CCC(c3c(C(=O)N4CC[C@H](c5ccccc5)C4)cnn3-c3ccc(F)cc3)CC2)cc1. The highest BCUT2D eigenvalue weighted by molar-refractivity contribution is 7.92. The molecule has 2 aliphatic heterocycles. The second kappa shape index (κ2) is 12.7. The average Bonchev–Trinajstić information content (AvgIpc) is 3.71. The molecule has 7 nitrogen and oxygen atoms in total. The molecule has 1 amide bonds. The van der Waals surface area contributed by atoms with Crippen LogP contribution in [0.15, 0.2) is 90.0 Å². The van der Waals surface area contributed by atoms with E-state index in [1.54, 1.807) is 44.3 Å². The third-order valence-corrected chi connectivity index (χ3v) is 11.3. The molecule has 0 unspecified atom stereocenters. The van der Waals surface area contributed by atoms with Gasteiger partial charge in [0, 0.05) is 31.5 Å². The first-order valence-electron chi connectivity index (χ1n) is 15.4. The summed E-state index contributed by atoms with van der Waals surface area (Å²) in [5.74, 6) is 0.124. The largest absolute Gasteiger partial charge is 0.338 e. The Bertz CT molecular complexity index is 1700. The fourth-order valence-corrected chi connectivity index (χ4v) is 7.56. The van der Waals surface area contributed by atoms with Gasteiger partial charge in [-0.05, 0) is 93.7 Å². The standard InChI is InChI=1S/C35H39FN4O3S/c1-25(2)44(42,43)32-14-8-26(9-15-32)23-38-19-16-28(17-20-38)34-33(22-37-40(34)31-12-10-30(36)11-13-31)35(41)39-21-18-29(24-39)27-6-4-3-5-7-27/h3-15,22,25,28-29H,16-21,23-24H2,1-2H3/t29-/m0/s1. The highest BCUT2D eigenvalue weighted by Gasteiger charge is 2.34. The van der Waals surface area contributed by atoms with Gasteiger partial charge in [0.2, 0.25) is 0 Å². The van der Waals surface area contributed by atoms with E-state index in [2.05, 4.69) is 22.1 Å². The number of hydrogen-bond donors (Lipinski definition) is 0. The molecule has 1 atom stereocenters. The van der Waals surface area contributed by atoms with Crippen molar-refractivity contribution >= 4 is 15.7 Å². The van der Waals surface area contributed by atoms with E-state index in [0.717, 1.165) is 55.8 Å². The summed E-state index contributed by atoms with van der Waals surface area (Å²) in [7, 11) is -3.30. The van der Waals surface area contributed by atoms with Crippen LogP contribution < -0.4 is 0 Å². The Kier molecular flexibility index (Phi) is 8.69. The van der Waals surface area contributed by atoms with Crippen molar-refractivity contribution in [2.75, 3.05) is 26.2 Å². The highest BCUT2D eigenvalue weighted by Crippen LogP contribution is 2.35. The summed E-state index contributed by atoms with van der Waals surface area (Å²) in [6.45, 7) is 7.17. The Morgan fingerprint density at radius 2 is 1.55 bits per heavy atom. The van der Waals surface area contributed by atoms with Crippen molar-refractivity contribution in [2.24, 2.45) is 0 Å². The second-order valence-electron chi connectivity index (χ2n) is 12.3. The number of nitrogens with zero attached hydrogens (tertiary/aromatic N) is 4. The molecule has 2 saturated heterocycles. The molecule has 3 aromatic carbocycles. The van der Waals surface area contributed by atoms with E-state index in [9.17, 15) is 17.6 Å². The van der Waals surface area contributed by atoms with Crippen molar-refractivity contribution in [2.45, 2.75) is 61.6 Å². The Balaban J connectivity index is 1.19. The normalized spacial score (nSPS) is 18.3. The van der Waals surface area contributed by atoms with Crippen LogP contribution >= 0.6 is 0 Å². The lowest BCUT2D eigenvalue weighted by atomic mass is 9.90. The minimum absolute atomic E-state index is 0.00524. The summed E-state index contributed by atoms with van der Waals surface area (Å²) in [5.41, 5.74) is 4.59. The van der Waals surface area contributed by atoms with Gasteiger partial charge >= 0.3 is 0 Å². The molecule has 230 valence electrons. The summed E-state index contributed by atoms with van der Waals surface area (Å²) >= 11 is 0. The van der Waals surface area contributed by atoms with Gasteiger partial charge in [0.05, 0.1) is 33.3 Å². The Labute approximate surface area is 259 Å². The molecule has 0 N–H and O–H groups in total. The summed E-state index contributed by atoms with van der Waals surface area (Å²) < 4.78 is 40.6. The fourth-order valence-electron chi connectivity index (χ4n) is 6.50. The van der Waals surface area contributed by atoms with E-state index >= 15 is 0 Å². The number of amides is 1. The van der Waals surface area contributed by atoms with Gasteiger partial charge in [-0.1, -0.05) is 42.5 Å². The molecule has 9 heteroatoms. The minimum atomic E-state index is -3.30. The third kappa shape index (κ3) is 6.21. The predicted molar refractivity (Wildman–Crippen MR) is 169 cm³/mol. The molecule has 3 heterocycles. The molecule has 0 aliphatic carbocycles. The maximum absolute atomic E-state index is 14.0. The predicted octanol–water partition coefficient (Wildman–Crippen LogP) is 6.20. The summed E-state index contributed by atoms with van der Waals surface area (Å²) in [6.07, 6.45) is 4.31. The van der Waals surface area contributed by atoms with Gasteiger partial charge in [0.15, 0.2) is 9.84 Å². The topological polar surface area (TPSA) is 75.5 Å². The first-order valence-corrected chi connectivity index (χ1v) is 17.0. The number of carbonyl (C=O) groups excluding carboxylic acids is 1. The quantitative estimate of drug-likeness (QED) is 0.236. The van der Waals surface area contributed by atoms with Crippen LogP contribution in [-0.4, -0.2) is 65.3 Å². The van der Waals surface area contributed by atoms with Crippen LogP contribution in [0.5, 0.6) is 0 Å². The lowest BCUT2D eigenvalue weighted by molar-refractivity contribution is 0.0788. The Hall–Kier alpha value is -3.82. The maximum Gasteiger partial charge on any atom is 0.257 e. The number of hydrogen-bond acceptors (Lipinski definition) is 5. The van der Waals surface area contributed by atoms with Gasteiger partial charge in [0.25, 0.3) is 5.91 Å². The lowest BCUT2D eigenvalue weighted by Crippen LogP contribution is -2.34. The van der Waals surface area contributed by atoms with Crippen molar-refractivity contribution in [3.8, 4) is 5.69 Å². The number of benzene rings is 3. The lowest BCUT2D eigenvalue weighted by Gasteiger charge is -2.33. The van der Waals surface area contributed by atoms with E-state index in [1.807, 2.05) is 39.9 Å². The van der Waals surface area contributed by atoms with Crippen LogP contribution in [-0.2, 0) is 16.4 Å². The van der Waals surface area contributed by atoms with E-state index in [1.165, 1.54) is 17.7 Å². The van der Waals surface area contributed by atoms with E-state index in [4.69, 9.17) is 0 Å². The van der Waals surface area contributed by atoms with Crippen LogP contribution in [0.2, 0.25) is 0 Å². The van der Waals surface area contributed by atoms with Crippen molar-refractivity contribution in [3.63, 3.8) is 0 Å². The number of aromatic nitrogens is 2. The average molecular weight is 615 g/mol. The van der Waals surface area contributed by atoms with Gasteiger partial charge < -0.3 is 4.90 Å². The first-order chi connectivity index (χ1) is 21.2. The maximum atomic E-state index is 14.0. The highest BCUT2D eigenvalue weighted by atomic mass is 32.2. The molecule has 0 spiro atoms. The van der Waals surface area contributed by atoms with Crippen LogP contribution in [0.3, 0.4) is 0 Å². The van der Waals surface area contributed by atoms with Gasteiger partial charge in [0.1, 0.15) is 5.82 Å². The zero-order chi connectivity index (χ0) is 30.8. The van der Waals surface area contributed by atoms with Crippen LogP contribution in [0, 0.1) is 5.82 Å². The number of sulfone groups is 1. The molecule has 2 aliphatic rings. The van der Waals surface area contributed by atoms with Crippen molar-refractivity contribution in [1.82, 2.24) is 19.6 Å². The van der Waals surface area contributed by atoms with Crippen LogP contribution in [0.1, 0.15) is 72.1 Å². The molecule has 0 radical (unpaired) electrons. The Morgan fingerprint density at radius 3 is 2.20 bits per heavy atom. The number of piperidine rings is 1. The van der Waals surface area contributed by atoms with Gasteiger partial charge in [-0.3, -0.25) is 9.69 Å². The van der Waals surface area contributed by atoms with Crippen LogP contribution in [0.25, 0.3) is 5.69 Å². The number of carbonyl (C=O) groups is 1. The molecular formula is C35H39FN4O3S. The van der Waals surface area contributed by atoms with Gasteiger partial charge in [-0.2, -0.15) is 5.10 Å². The van der Waals surface area contributed by atoms with E-state index in [-0.39, 0.29) is 17.6 Å². The molecule has 44 heavy (non-hydrogen) atoms. The number of likely N-dealkylation sites (tertiary alicyclic amines) is 2. The zero-order valence-electron chi connectivity index (χ0n) is 25.3. The van der Waals surface area contributed by atoms with Crippen molar-refractivity contribution in [1.29, 1.82) is 0 Å². The molecule has 0 bridgehead atoms. The molecule has 0 saturated carbocycles. The summed E-state index contributed by atoms with van der Waals surface area (Å²) in [4.78, 5) is 18.7. The molecule has 4 aromatic rings.